The fourth-order valence-electron chi connectivity index (χ4n) is 2.83. The highest BCUT2D eigenvalue weighted by Crippen LogP contribution is 2.45. The molecule has 0 radical (unpaired) electrons. The third-order valence-corrected chi connectivity index (χ3v) is 5.68. The predicted molar refractivity (Wildman–Crippen MR) is 98.1 cm³/mol. The van der Waals surface area contributed by atoms with Crippen LogP contribution >= 0.6 is 31.9 Å². The van der Waals surface area contributed by atoms with E-state index in [-0.39, 0.29) is 11.6 Å². The molecule has 2 aromatic heterocycles. The Hall–Kier alpha value is -2.12. The van der Waals surface area contributed by atoms with Crippen molar-refractivity contribution in [2.45, 2.75) is 0 Å². The van der Waals surface area contributed by atoms with Crippen molar-refractivity contribution in [1.82, 2.24) is 9.97 Å². The minimum absolute atomic E-state index is 0.0125. The Morgan fingerprint density at radius 3 is 2.48 bits per heavy atom. The number of benzene rings is 2. The highest BCUT2D eigenvalue weighted by molar-refractivity contribution is 9.13. The van der Waals surface area contributed by atoms with Crippen LogP contribution in [0.5, 0.6) is 5.88 Å². The summed E-state index contributed by atoms with van der Waals surface area (Å²) in [6, 6.07) is 11.2. The van der Waals surface area contributed by atoms with Crippen molar-refractivity contribution in [1.29, 1.82) is 0 Å². The van der Waals surface area contributed by atoms with E-state index in [0.717, 1.165) is 30.8 Å². The summed E-state index contributed by atoms with van der Waals surface area (Å²) in [5, 5.41) is 15.1. The number of aromatic hydroxyl groups is 1. The summed E-state index contributed by atoms with van der Waals surface area (Å²) in [5.74, 6) is -0.0125. The maximum atomic E-state index is 11.4. The van der Waals surface area contributed by atoms with Crippen molar-refractivity contribution in [3.8, 4) is 17.1 Å². The second-order valence-electron chi connectivity index (χ2n) is 5.15. The van der Waals surface area contributed by atoms with Gasteiger partial charge < -0.3 is 15.1 Å². The van der Waals surface area contributed by atoms with Gasteiger partial charge in [-0.1, -0.05) is 18.2 Å². The van der Waals surface area contributed by atoms with E-state index in [1.165, 1.54) is 0 Å². The number of nitrogens with zero attached hydrogens (tertiary/aromatic N) is 1. The Bertz CT molecular complexity index is 1080. The van der Waals surface area contributed by atoms with Crippen molar-refractivity contribution in [3.05, 3.63) is 50.3 Å². The molecule has 23 heavy (non-hydrogen) atoms. The van der Waals surface area contributed by atoms with Gasteiger partial charge in [0.25, 0.3) is 0 Å². The molecule has 0 spiro atoms. The van der Waals surface area contributed by atoms with Crippen molar-refractivity contribution in [3.63, 3.8) is 0 Å². The van der Waals surface area contributed by atoms with Crippen LogP contribution in [0.15, 0.2) is 50.5 Å². The summed E-state index contributed by atoms with van der Waals surface area (Å²) in [6.07, 6.45) is 0. The molecule has 0 aliphatic heterocycles. The molecule has 2 aromatic carbocycles. The number of fused-ring (bicyclic) bond motifs is 2. The molecule has 4 aromatic rings. The predicted octanol–water partition coefficient (Wildman–Crippen LogP) is 5.94. The zero-order valence-electron chi connectivity index (χ0n) is 11.5. The number of para-hydroxylation sites is 1. The van der Waals surface area contributed by atoms with Gasteiger partial charge in [0.15, 0.2) is 5.88 Å². The van der Waals surface area contributed by atoms with Crippen molar-refractivity contribution in [2.24, 2.45) is 5.18 Å². The van der Waals surface area contributed by atoms with Gasteiger partial charge in [-0.25, -0.2) is 0 Å². The van der Waals surface area contributed by atoms with E-state index in [1.54, 1.807) is 0 Å². The van der Waals surface area contributed by atoms with Gasteiger partial charge in [0.1, 0.15) is 5.69 Å². The SMILES string of the molecule is O=Nc1c(-c2c(O)[nH]c3cc(Br)c(Br)cc23)[nH]c2ccccc12. The maximum Gasteiger partial charge on any atom is 0.199 e. The molecule has 0 amide bonds. The van der Waals surface area contributed by atoms with Gasteiger partial charge in [-0.05, 0) is 55.2 Å². The van der Waals surface area contributed by atoms with Crippen molar-refractivity contribution < 1.29 is 5.11 Å². The lowest BCUT2D eigenvalue weighted by Gasteiger charge is -2.00. The van der Waals surface area contributed by atoms with E-state index in [2.05, 4.69) is 47.0 Å². The van der Waals surface area contributed by atoms with Gasteiger partial charge in [-0.2, -0.15) is 0 Å². The first-order valence-corrected chi connectivity index (χ1v) is 8.33. The number of hydrogen-bond acceptors (Lipinski definition) is 3. The molecule has 4 rings (SSSR count). The average Bonchev–Trinajstić information content (AvgIpc) is 3.04. The van der Waals surface area contributed by atoms with Crippen LogP contribution in [0.3, 0.4) is 0 Å². The number of halogens is 2. The zero-order chi connectivity index (χ0) is 16.1. The molecule has 5 nitrogen and oxygen atoms in total. The molecular formula is C16H9Br2N3O2. The number of aromatic amines is 2. The van der Waals surface area contributed by atoms with Crippen molar-refractivity contribution in [2.75, 3.05) is 0 Å². The summed E-state index contributed by atoms with van der Waals surface area (Å²) in [7, 11) is 0. The normalized spacial score (nSPS) is 11.4. The second-order valence-corrected chi connectivity index (χ2v) is 6.85. The van der Waals surface area contributed by atoms with E-state index < -0.39 is 0 Å². The summed E-state index contributed by atoms with van der Waals surface area (Å²) in [4.78, 5) is 17.5. The molecule has 0 atom stereocenters. The van der Waals surface area contributed by atoms with E-state index in [1.807, 2.05) is 36.4 Å². The summed E-state index contributed by atoms with van der Waals surface area (Å²) in [6.45, 7) is 0. The molecule has 7 heteroatoms. The van der Waals surface area contributed by atoms with Crippen LogP contribution in [0.4, 0.5) is 5.69 Å². The molecule has 0 fully saturated rings. The van der Waals surface area contributed by atoms with Crippen LogP contribution in [0.2, 0.25) is 0 Å². The van der Waals surface area contributed by atoms with Crippen LogP contribution in [-0.4, -0.2) is 15.1 Å². The molecule has 0 aliphatic rings. The molecular weight excluding hydrogens is 426 g/mol. The Labute approximate surface area is 146 Å². The smallest absolute Gasteiger partial charge is 0.199 e. The van der Waals surface area contributed by atoms with E-state index >= 15 is 0 Å². The molecule has 114 valence electrons. The summed E-state index contributed by atoms with van der Waals surface area (Å²) < 4.78 is 1.71. The molecule has 0 saturated heterocycles. The summed E-state index contributed by atoms with van der Waals surface area (Å²) >= 11 is 6.90. The van der Waals surface area contributed by atoms with E-state index in [0.29, 0.717) is 11.3 Å². The van der Waals surface area contributed by atoms with E-state index in [9.17, 15) is 10.0 Å². The van der Waals surface area contributed by atoms with Crippen LogP contribution in [0.25, 0.3) is 33.1 Å². The van der Waals surface area contributed by atoms with Crippen LogP contribution < -0.4 is 0 Å². The molecule has 0 saturated carbocycles. The lowest BCUT2D eigenvalue weighted by atomic mass is 10.1. The first-order chi connectivity index (χ1) is 11.1. The van der Waals surface area contributed by atoms with Crippen LogP contribution in [-0.2, 0) is 0 Å². The quantitative estimate of drug-likeness (QED) is 0.341. The fourth-order valence-corrected chi connectivity index (χ4v) is 3.52. The maximum absolute atomic E-state index is 11.4. The second kappa shape index (κ2) is 5.21. The Morgan fingerprint density at radius 1 is 0.957 bits per heavy atom. The molecule has 3 N–H and O–H groups in total. The summed E-state index contributed by atoms with van der Waals surface area (Å²) in [5.41, 5.74) is 2.86. The monoisotopic (exact) mass is 433 g/mol. The minimum atomic E-state index is -0.0125. The molecule has 0 aliphatic carbocycles. The highest BCUT2D eigenvalue weighted by atomic mass is 79.9. The lowest BCUT2D eigenvalue weighted by molar-refractivity contribution is 0.460. The Kier molecular flexibility index (Phi) is 3.28. The zero-order valence-corrected chi connectivity index (χ0v) is 14.7. The molecule has 0 unspecified atom stereocenters. The highest BCUT2D eigenvalue weighted by Gasteiger charge is 2.21. The van der Waals surface area contributed by atoms with Gasteiger partial charge in [0, 0.05) is 25.2 Å². The Morgan fingerprint density at radius 2 is 1.70 bits per heavy atom. The van der Waals surface area contributed by atoms with E-state index in [4.69, 9.17) is 0 Å². The Balaban J connectivity index is 2.12. The van der Waals surface area contributed by atoms with Crippen molar-refractivity contribution >= 4 is 59.4 Å². The third-order valence-electron chi connectivity index (χ3n) is 3.84. The van der Waals surface area contributed by atoms with Crippen LogP contribution in [0.1, 0.15) is 0 Å². The van der Waals surface area contributed by atoms with Gasteiger partial charge in [0.2, 0.25) is 0 Å². The number of aromatic nitrogens is 2. The largest absolute Gasteiger partial charge is 0.494 e. The number of H-pyrrole nitrogens is 2. The first kappa shape index (κ1) is 14.5. The van der Waals surface area contributed by atoms with Gasteiger partial charge in [-0.3, -0.25) is 0 Å². The average molecular weight is 435 g/mol. The number of hydrogen-bond donors (Lipinski definition) is 3. The number of nitrogens with one attached hydrogen (secondary N) is 2. The lowest BCUT2D eigenvalue weighted by Crippen LogP contribution is -1.78. The van der Waals surface area contributed by atoms with Gasteiger partial charge in [0.05, 0.1) is 16.8 Å². The molecule has 0 bridgehead atoms. The van der Waals surface area contributed by atoms with Gasteiger partial charge >= 0.3 is 0 Å². The third kappa shape index (κ3) is 2.11. The minimum Gasteiger partial charge on any atom is -0.494 e. The van der Waals surface area contributed by atoms with Gasteiger partial charge in [-0.15, -0.1) is 4.91 Å². The number of rotatable bonds is 2. The van der Waals surface area contributed by atoms with Crippen LogP contribution in [0, 0.1) is 4.91 Å². The topological polar surface area (TPSA) is 81.2 Å². The number of nitroso groups, excluding NO2 is 1. The standard InChI is InChI=1S/C16H9Br2N3O2/c17-9-5-8-12(6-10(9)18)20-16(22)13(8)15-14(21-23)7-3-1-2-4-11(7)19-15/h1-6,19-20,22H. The molecule has 2 heterocycles. The first-order valence-electron chi connectivity index (χ1n) is 6.74. The fraction of sp³-hybridized carbons (Fsp3) is 0.